The van der Waals surface area contributed by atoms with Crippen LogP contribution in [0.3, 0.4) is 0 Å². The number of benzene rings is 1. The van der Waals surface area contributed by atoms with Gasteiger partial charge in [-0.05, 0) is 45.4 Å². The van der Waals surface area contributed by atoms with Crippen molar-refractivity contribution >= 4 is 57.2 Å². The van der Waals surface area contributed by atoms with Gasteiger partial charge in [0.25, 0.3) is 0 Å². The number of nitrogens with zero attached hydrogens (tertiary/aromatic N) is 2. The zero-order valence-electron chi connectivity index (χ0n) is 15.7. The number of carbonyl (C=O) groups is 2. The minimum atomic E-state index is -0.207. The van der Waals surface area contributed by atoms with E-state index in [1.807, 2.05) is 18.7 Å². The molecule has 0 bridgehead atoms. The number of hydrogen-bond acceptors (Lipinski definition) is 5. The molecular formula is C19H22Cl2N4O2S. The van der Waals surface area contributed by atoms with Crippen LogP contribution in [0.1, 0.15) is 23.4 Å². The molecule has 0 spiro atoms. The van der Waals surface area contributed by atoms with E-state index in [9.17, 15) is 9.59 Å². The van der Waals surface area contributed by atoms with Crippen LogP contribution in [0.25, 0.3) is 0 Å². The Hall–Kier alpha value is -1.67. The summed E-state index contributed by atoms with van der Waals surface area (Å²) < 4.78 is 0. The van der Waals surface area contributed by atoms with Crippen LogP contribution in [0.4, 0.5) is 10.8 Å². The lowest BCUT2D eigenvalue weighted by Crippen LogP contribution is -2.44. The average molecular weight is 441 g/mol. The number of carbonyl (C=O) groups excluding carboxylic acids is 2. The van der Waals surface area contributed by atoms with Crippen LogP contribution < -0.4 is 10.6 Å². The number of anilines is 2. The Morgan fingerprint density at radius 3 is 2.79 bits per heavy atom. The van der Waals surface area contributed by atoms with Crippen LogP contribution in [0.2, 0.25) is 10.0 Å². The van der Waals surface area contributed by atoms with Crippen LogP contribution in [0.5, 0.6) is 0 Å². The molecule has 1 aromatic carbocycles. The second-order valence-electron chi connectivity index (χ2n) is 6.87. The molecule has 1 atom stereocenters. The Bertz CT molecular complexity index is 867. The van der Waals surface area contributed by atoms with Gasteiger partial charge in [0.2, 0.25) is 11.8 Å². The first-order valence-electron chi connectivity index (χ1n) is 9.04. The van der Waals surface area contributed by atoms with Gasteiger partial charge in [-0.15, -0.1) is 11.3 Å². The lowest BCUT2D eigenvalue weighted by Gasteiger charge is -2.31. The van der Waals surface area contributed by atoms with Gasteiger partial charge in [0.05, 0.1) is 33.9 Å². The molecule has 1 saturated heterocycles. The molecule has 0 saturated carbocycles. The Labute approximate surface area is 178 Å². The average Bonchev–Trinajstić information content (AvgIpc) is 2.96. The fourth-order valence-corrected chi connectivity index (χ4v) is 4.31. The maximum absolute atomic E-state index is 12.6. The number of halogens is 2. The molecule has 150 valence electrons. The van der Waals surface area contributed by atoms with Gasteiger partial charge in [-0.2, -0.15) is 0 Å². The maximum Gasteiger partial charge on any atom is 0.240 e. The van der Waals surface area contributed by atoms with Crippen molar-refractivity contribution in [1.82, 2.24) is 9.88 Å². The molecule has 1 fully saturated rings. The van der Waals surface area contributed by atoms with E-state index in [2.05, 4.69) is 15.6 Å². The van der Waals surface area contributed by atoms with E-state index in [0.717, 1.165) is 30.0 Å². The van der Waals surface area contributed by atoms with E-state index in [0.29, 0.717) is 27.4 Å². The van der Waals surface area contributed by atoms with Crippen LogP contribution in [-0.2, 0) is 9.59 Å². The third-order valence-corrected chi connectivity index (χ3v) is 6.54. The molecule has 6 nitrogen and oxygen atoms in total. The molecule has 1 aliphatic heterocycles. The summed E-state index contributed by atoms with van der Waals surface area (Å²) in [4.78, 5) is 32.4. The summed E-state index contributed by atoms with van der Waals surface area (Å²) in [5.41, 5.74) is 1.43. The minimum Gasteiger partial charge on any atom is -0.324 e. The number of amides is 2. The van der Waals surface area contributed by atoms with E-state index >= 15 is 0 Å². The molecule has 1 aliphatic rings. The normalized spacial score (nSPS) is 17.4. The van der Waals surface area contributed by atoms with Crippen molar-refractivity contribution in [3.05, 3.63) is 38.8 Å². The second-order valence-corrected chi connectivity index (χ2v) is 8.86. The fourth-order valence-electron chi connectivity index (χ4n) is 3.14. The molecule has 28 heavy (non-hydrogen) atoms. The zero-order chi connectivity index (χ0) is 20.3. The molecule has 2 amide bonds. The third kappa shape index (κ3) is 5.23. The second kappa shape index (κ2) is 9.22. The Kier molecular flexibility index (Phi) is 6.93. The van der Waals surface area contributed by atoms with E-state index in [-0.39, 0.29) is 24.3 Å². The van der Waals surface area contributed by atoms with Crippen molar-refractivity contribution in [2.24, 2.45) is 5.92 Å². The molecule has 1 unspecified atom stereocenters. The van der Waals surface area contributed by atoms with E-state index in [1.54, 1.807) is 18.2 Å². The van der Waals surface area contributed by atoms with Crippen molar-refractivity contribution in [2.75, 3.05) is 30.3 Å². The van der Waals surface area contributed by atoms with Crippen LogP contribution >= 0.6 is 34.5 Å². The lowest BCUT2D eigenvalue weighted by atomic mass is 9.97. The van der Waals surface area contributed by atoms with Gasteiger partial charge >= 0.3 is 0 Å². The van der Waals surface area contributed by atoms with Crippen LogP contribution in [-0.4, -0.2) is 41.3 Å². The lowest BCUT2D eigenvalue weighted by molar-refractivity contribution is -0.123. The highest BCUT2D eigenvalue weighted by molar-refractivity contribution is 7.15. The van der Waals surface area contributed by atoms with Crippen molar-refractivity contribution in [1.29, 1.82) is 0 Å². The van der Waals surface area contributed by atoms with Gasteiger partial charge < -0.3 is 10.6 Å². The van der Waals surface area contributed by atoms with E-state index < -0.39 is 0 Å². The number of aryl methyl sites for hydroxylation is 2. The predicted octanol–water partition coefficient (Wildman–Crippen LogP) is 4.36. The van der Waals surface area contributed by atoms with Crippen molar-refractivity contribution in [3.8, 4) is 0 Å². The fraction of sp³-hybridized carbons (Fsp3) is 0.421. The first kappa shape index (κ1) is 21.0. The highest BCUT2D eigenvalue weighted by Gasteiger charge is 2.27. The molecule has 1 aromatic heterocycles. The Morgan fingerprint density at radius 2 is 2.07 bits per heavy atom. The summed E-state index contributed by atoms with van der Waals surface area (Å²) in [5, 5.41) is 7.04. The first-order valence-corrected chi connectivity index (χ1v) is 10.6. The number of rotatable bonds is 5. The minimum absolute atomic E-state index is 0.111. The summed E-state index contributed by atoms with van der Waals surface area (Å²) in [6.07, 6.45) is 1.62. The van der Waals surface area contributed by atoms with Gasteiger partial charge in [-0.3, -0.25) is 14.5 Å². The molecule has 2 heterocycles. The smallest absolute Gasteiger partial charge is 0.240 e. The van der Waals surface area contributed by atoms with Crippen molar-refractivity contribution in [3.63, 3.8) is 0 Å². The molecule has 3 rings (SSSR count). The van der Waals surface area contributed by atoms with E-state index in [1.165, 1.54) is 11.3 Å². The highest BCUT2D eigenvalue weighted by atomic mass is 35.5. The SMILES string of the molecule is Cc1nc(NC(=O)CN2CCCC(C(=O)Nc3cccc(Cl)c3Cl)C2)sc1C. The van der Waals surface area contributed by atoms with Gasteiger partial charge in [0.1, 0.15) is 0 Å². The first-order chi connectivity index (χ1) is 13.3. The number of thiazole rings is 1. The van der Waals surface area contributed by atoms with Crippen LogP contribution in [0.15, 0.2) is 18.2 Å². The van der Waals surface area contributed by atoms with Gasteiger partial charge in [0.15, 0.2) is 5.13 Å². The Balaban J connectivity index is 1.55. The van der Waals surface area contributed by atoms with Crippen molar-refractivity contribution in [2.45, 2.75) is 26.7 Å². The summed E-state index contributed by atoms with van der Waals surface area (Å²) in [6, 6.07) is 5.13. The molecular weight excluding hydrogens is 419 g/mol. The quantitative estimate of drug-likeness (QED) is 0.724. The maximum atomic E-state index is 12.6. The van der Waals surface area contributed by atoms with Crippen LogP contribution in [0, 0.1) is 19.8 Å². The molecule has 2 N–H and O–H groups in total. The number of nitrogens with one attached hydrogen (secondary N) is 2. The topological polar surface area (TPSA) is 74.3 Å². The molecule has 0 radical (unpaired) electrons. The van der Waals surface area contributed by atoms with Gasteiger partial charge in [-0.25, -0.2) is 4.98 Å². The standard InChI is InChI=1S/C19H22Cl2N4O2S/c1-11-12(2)28-19(22-11)24-16(26)10-25-8-4-5-13(9-25)18(27)23-15-7-3-6-14(20)17(15)21/h3,6-7,13H,4-5,8-10H2,1-2H3,(H,23,27)(H,22,24,26). The zero-order valence-corrected chi connectivity index (χ0v) is 18.0. The van der Waals surface area contributed by atoms with Crippen molar-refractivity contribution < 1.29 is 9.59 Å². The highest BCUT2D eigenvalue weighted by Crippen LogP contribution is 2.30. The van der Waals surface area contributed by atoms with Gasteiger partial charge in [-0.1, -0.05) is 29.3 Å². The summed E-state index contributed by atoms with van der Waals surface area (Å²) in [6.45, 7) is 5.43. The molecule has 2 aromatic rings. The molecule has 9 heteroatoms. The van der Waals surface area contributed by atoms with E-state index in [4.69, 9.17) is 23.2 Å². The number of piperidine rings is 1. The molecule has 0 aliphatic carbocycles. The predicted molar refractivity (Wildman–Crippen MR) is 114 cm³/mol. The number of likely N-dealkylation sites (tertiary alicyclic amines) is 1. The number of aromatic nitrogens is 1. The largest absolute Gasteiger partial charge is 0.324 e. The van der Waals surface area contributed by atoms with Gasteiger partial charge in [0, 0.05) is 11.4 Å². The summed E-state index contributed by atoms with van der Waals surface area (Å²) >= 11 is 13.6. The summed E-state index contributed by atoms with van der Waals surface area (Å²) in [5.74, 6) is -0.436. The monoisotopic (exact) mass is 440 g/mol. The Morgan fingerprint density at radius 1 is 1.29 bits per heavy atom. The third-order valence-electron chi connectivity index (χ3n) is 4.73. The summed E-state index contributed by atoms with van der Waals surface area (Å²) in [7, 11) is 0. The number of hydrogen-bond donors (Lipinski definition) is 2.